The minimum absolute atomic E-state index is 0.720. The van der Waals surface area contributed by atoms with Crippen molar-refractivity contribution in [1.82, 2.24) is 10.4 Å². The van der Waals surface area contributed by atoms with Crippen LogP contribution in [0.15, 0.2) is 0 Å². The van der Waals surface area contributed by atoms with Gasteiger partial charge >= 0.3 is 8.56 Å². The van der Waals surface area contributed by atoms with Gasteiger partial charge in [-0.1, -0.05) is 0 Å². The van der Waals surface area contributed by atoms with Gasteiger partial charge in [-0.15, -0.1) is 0 Å². The fourth-order valence-electron chi connectivity index (χ4n) is 1.06. The molecule has 1 N–H and O–H groups in total. The number of hydrogen-bond donors (Lipinski definition) is 1. The predicted molar refractivity (Wildman–Crippen MR) is 56.6 cm³/mol. The Morgan fingerprint density at radius 3 is 1.92 bits per heavy atom. The Labute approximate surface area is 82.4 Å². The SMILES string of the molecule is CCO[Si](C)(CNN(C)C)OCC. The summed E-state index contributed by atoms with van der Waals surface area (Å²) in [4.78, 5) is 0. The highest BCUT2D eigenvalue weighted by atomic mass is 28.4. The molecule has 0 aliphatic heterocycles. The maximum atomic E-state index is 5.65. The average molecular weight is 206 g/mol. The lowest BCUT2D eigenvalue weighted by Gasteiger charge is -2.27. The van der Waals surface area contributed by atoms with Gasteiger partial charge in [0.25, 0.3) is 0 Å². The second-order valence-electron chi connectivity index (χ2n) is 3.23. The summed E-state index contributed by atoms with van der Waals surface area (Å²) in [5, 5.41) is 1.92. The van der Waals surface area contributed by atoms with Gasteiger partial charge < -0.3 is 8.85 Å². The standard InChI is InChI=1S/C8H22N2O2Si/c1-6-11-13(5,12-7-2)8-9-10(3)4/h9H,6-8H2,1-5H3. The zero-order valence-corrected chi connectivity index (χ0v) is 10.4. The van der Waals surface area contributed by atoms with Crippen molar-refractivity contribution in [3.05, 3.63) is 0 Å². The molecular formula is C8H22N2O2Si. The van der Waals surface area contributed by atoms with E-state index < -0.39 is 8.56 Å². The van der Waals surface area contributed by atoms with Crippen LogP contribution in [0.3, 0.4) is 0 Å². The molecule has 0 aliphatic carbocycles. The third-order valence-corrected chi connectivity index (χ3v) is 4.21. The van der Waals surface area contributed by atoms with E-state index >= 15 is 0 Å². The van der Waals surface area contributed by atoms with Gasteiger partial charge in [0.2, 0.25) is 0 Å². The van der Waals surface area contributed by atoms with Gasteiger partial charge in [-0.05, 0) is 20.4 Å². The molecule has 0 fully saturated rings. The Kier molecular flexibility index (Phi) is 6.53. The Morgan fingerprint density at radius 1 is 1.15 bits per heavy atom. The molecule has 0 saturated heterocycles. The molecule has 0 atom stereocenters. The second-order valence-corrected chi connectivity index (χ2v) is 6.43. The van der Waals surface area contributed by atoms with Gasteiger partial charge in [-0.3, -0.25) is 10.4 Å². The Balaban J connectivity index is 3.91. The predicted octanol–water partition coefficient (Wildman–Crippen LogP) is 0.737. The summed E-state index contributed by atoms with van der Waals surface area (Å²) in [6, 6.07) is 0. The highest BCUT2D eigenvalue weighted by Gasteiger charge is 2.30. The van der Waals surface area contributed by atoms with Crippen molar-refractivity contribution in [2.45, 2.75) is 20.4 Å². The maximum Gasteiger partial charge on any atom is 0.350 e. The Bertz CT molecular complexity index is 127. The van der Waals surface area contributed by atoms with E-state index in [1.54, 1.807) is 0 Å². The van der Waals surface area contributed by atoms with Crippen LogP contribution in [-0.2, 0) is 8.85 Å². The lowest BCUT2D eigenvalue weighted by Crippen LogP contribution is -2.51. The zero-order valence-electron chi connectivity index (χ0n) is 9.39. The number of nitrogens with one attached hydrogen (secondary N) is 1. The monoisotopic (exact) mass is 206 g/mol. The number of hydrazine groups is 1. The number of nitrogens with zero attached hydrogens (tertiary/aromatic N) is 1. The van der Waals surface area contributed by atoms with Crippen LogP contribution >= 0.6 is 0 Å². The van der Waals surface area contributed by atoms with E-state index in [0.29, 0.717) is 0 Å². The van der Waals surface area contributed by atoms with Gasteiger partial charge in [0.05, 0.1) is 6.17 Å². The van der Waals surface area contributed by atoms with E-state index in [0.717, 1.165) is 19.4 Å². The van der Waals surface area contributed by atoms with E-state index in [4.69, 9.17) is 8.85 Å². The molecule has 0 rings (SSSR count). The van der Waals surface area contributed by atoms with Crippen molar-refractivity contribution in [3.8, 4) is 0 Å². The van der Waals surface area contributed by atoms with Crippen LogP contribution in [0.5, 0.6) is 0 Å². The molecular weight excluding hydrogens is 184 g/mol. The third kappa shape index (κ3) is 6.17. The van der Waals surface area contributed by atoms with Crippen LogP contribution in [0.2, 0.25) is 6.55 Å². The highest BCUT2D eigenvalue weighted by molar-refractivity contribution is 6.66. The van der Waals surface area contributed by atoms with Gasteiger partial charge in [0, 0.05) is 27.3 Å². The highest BCUT2D eigenvalue weighted by Crippen LogP contribution is 2.05. The molecule has 0 heterocycles. The molecule has 0 radical (unpaired) electrons. The molecule has 0 aromatic rings. The lowest BCUT2D eigenvalue weighted by atomic mass is 10.9. The first-order valence-corrected chi connectivity index (χ1v) is 7.25. The molecule has 0 amide bonds. The average Bonchev–Trinajstić information content (AvgIpc) is 2.02. The van der Waals surface area contributed by atoms with Crippen LogP contribution < -0.4 is 5.43 Å². The minimum atomic E-state index is -1.96. The molecule has 0 aliphatic rings. The summed E-state index contributed by atoms with van der Waals surface area (Å²) in [6.07, 6.45) is 0.793. The zero-order chi connectivity index (χ0) is 10.3. The molecule has 0 saturated carbocycles. The molecule has 5 heteroatoms. The largest absolute Gasteiger partial charge is 0.394 e. The van der Waals surface area contributed by atoms with Gasteiger partial charge in [0.15, 0.2) is 0 Å². The molecule has 0 spiro atoms. The molecule has 0 bridgehead atoms. The van der Waals surface area contributed by atoms with Crippen molar-refractivity contribution >= 4 is 8.56 Å². The summed E-state index contributed by atoms with van der Waals surface area (Å²) in [5.74, 6) is 0. The molecule has 0 aromatic carbocycles. The van der Waals surface area contributed by atoms with Crippen LogP contribution in [0, 0.1) is 0 Å². The van der Waals surface area contributed by atoms with E-state index in [9.17, 15) is 0 Å². The summed E-state index contributed by atoms with van der Waals surface area (Å²) < 4.78 is 11.3. The second kappa shape index (κ2) is 6.50. The van der Waals surface area contributed by atoms with Crippen LogP contribution in [0.4, 0.5) is 0 Å². The van der Waals surface area contributed by atoms with Crippen LogP contribution in [0.25, 0.3) is 0 Å². The molecule has 80 valence electrons. The summed E-state index contributed by atoms with van der Waals surface area (Å²) >= 11 is 0. The van der Waals surface area contributed by atoms with Crippen molar-refractivity contribution in [3.63, 3.8) is 0 Å². The molecule has 13 heavy (non-hydrogen) atoms. The first-order chi connectivity index (χ1) is 6.04. The molecule has 0 aromatic heterocycles. The van der Waals surface area contributed by atoms with E-state index in [2.05, 4.69) is 12.0 Å². The minimum Gasteiger partial charge on any atom is -0.394 e. The summed E-state index contributed by atoms with van der Waals surface area (Å²) in [6.45, 7) is 7.52. The fraction of sp³-hybridized carbons (Fsp3) is 1.00. The normalized spacial score (nSPS) is 12.5. The quantitative estimate of drug-likeness (QED) is 0.492. The van der Waals surface area contributed by atoms with E-state index in [1.807, 2.05) is 33.0 Å². The fourth-order valence-corrected chi connectivity index (χ4v) is 3.17. The number of hydrogen-bond acceptors (Lipinski definition) is 4. The topological polar surface area (TPSA) is 33.7 Å². The maximum absolute atomic E-state index is 5.65. The van der Waals surface area contributed by atoms with Crippen molar-refractivity contribution in [2.75, 3.05) is 33.5 Å². The lowest BCUT2D eigenvalue weighted by molar-refractivity contribution is 0.175. The van der Waals surface area contributed by atoms with Crippen molar-refractivity contribution in [1.29, 1.82) is 0 Å². The Morgan fingerprint density at radius 2 is 1.62 bits per heavy atom. The number of rotatable bonds is 7. The first-order valence-electron chi connectivity index (χ1n) is 4.72. The molecule has 4 nitrogen and oxygen atoms in total. The smallest absolute Gasteiger partial charge is 0.350 e. The van der Waals surface area contributed by atoms with Gasteiger partial charge in [0.1, 0.15) is 0 Å². The van der Waals surface area contributed by atoms with Crippen LogP contribution in [0.1, 0.15) is 13.8 Å². The first kappa shape index (κ1) is 13.1. The summed E-state index contributed by atoms with van der Waals surface area (Å²) in [7, 11) is 1.97. The van der Waals surface area contributed by atoms with Crippen molar-refractivity contribution < 1.29 is 8.85 Å². The van der Waals surface area contributed by atoms with Gasteiger partial charge in [-0.25, -0.2) is 0 Å². The van der Waals surface area contributed by atoms with E-state index in [-0.39, 0.29) is 0 Å². The van der Waals surface area contributed by atoms with Crippen molar-refractivity contribution in [2.24, 2.45) is 0 Å². The third-order valence-electron chi connectivity index (χ3n) is 1.62. The van der Waals surface area contributed by atoms with E-state index in [1.165, 1.54) is 0 Å². The summed E-state index contributed by atoms with van der Waals surface area (Å²) in [5.41, 5.74) is 3.20. The molecule has 0 unspecified atom stereocenters. The van der Waals surface area contributed by atoms with Crippen LogP contribution in [-0.4, -0.2) is 47.0 Å². The Hall–Kier alpha value is 0.0569. The van der Waals surface area contributed by atoms with Gasteiger partial charge in [-0.2, -0.15) is 0 Å².